The minimum absolute atomic E-state index is 0.00551. The van der Waals surface area contributed by atoms with Crippen molar-refractivity contribution in [3.05, 3.63) is 47.8 Å². The summed E-state index contributed by atoms with van der Waals surface area (Å²) in [4.78, 5) is 30.9. The number of ether oxygens (including phenoxy) is 1. The van der Waals surface area contributed by atoms with Crippen molar-refractivity contribution in [3.8, 4) is 0 Å². The van der Waals surface area contributed by atoms with Crippen molar-refractivity contribution in [2.75, 3.05) is 17.3 Å². The summed E-state index contributed by atoms with van der Waals surface area (Å²) in [5.74, 6) is -1.01. The van der Waals surface area contributed by atoms with Gasteiger partial charge in [0.2, 0.25) is 5.95 Å². The largest absolute Gasteiger partial charge is 0.481 e. The summed E-state index contributed by atoms with van der Waals surface area (Å²) < 4.78 is 21.0. The molecule has 1 aliphatic carbocycles. The Morgan fingerprint density at radius 3 is 2.77 bits per heavy atom. The number of aryl methyl sites for hydroxylation is 1. The molecule has 2 aromatic carbocycles. The monoisotopic (exact) mass is 480 g/mol. The van der Waals surface area contributed by atoms with Crippen molar-refractivity contribution in [1.82, 2.24) is 9.55 Å². The second-order valence-electron chi connectivity index (χ2n) is 9.46. The molecule has 0 unspecified atom stereocenters. The molecule has 2 aliphatic rings. The molecule has 1 saturated carbocycles. The van der Waals surface area contributed by atoms with E-state index in [4.69, 9.17) is 9.72 Å². The third-order valence-corrected chi connectivity index (χ3v) is 7.27. The van der Waals surface area contributed by atoms with Crippen LogP contribution in [0.4, 0.5) is 26.5 Å². The number of imidazole rings is 1. The van der Waals surface area contributed by atoms with Gasteiger partial charge in [0, 0.05) is 23.3 Å². The maximum absolute atomic E-state index is 13.9. The molecule has 0 spiro atoms. The topological polar surface area (TPSA) is 96.7 Å². The zero-order chi connectivity index (χ0) is 24.7. The Hall–Kier alpha value is -3.62. The van der Waals surface area contributed by atoms with E-state index in [1.54, 1.807) is 17.0 Å². The number of aromatic nitrogens is 2. The highest BCUT2D eigenvalue weighted by atomic mass is 19.1. The average molecular weight is 481 g/mol. The predicted molar refractivity (Wildman–Crippen MR) is 131 cm³/mol. The van der Waals surface area contributed by atoms with Crippen LogP contribution < -0.4 is 10.2 Å². The first-order chi connectivity index (χ1) is 16.9. The second kappa shape index (κ2) is 9.20. The van der Waals surface area contributed by atoms with Gasteiger partial charge in [-0.25, -0.2) is 14.2 Å². The smallest absolute Gasteiger partial charge is 0.414 e. The van der Waals surface area contributed by atoms with Gasteiger partial charge in [-0.15, -0.1) is 0 Å². The van der Waals surface area contributed by atoms with Gasteiger partial charge in [0.1, 0.15) is 5.82 Å². The van der Waals surface area contributed by atoms with E-state index in [9.17, 15) is 19.1 Å². The molecule has 1 fully saturated rings. The van der Waals surface area contributed by atoms with Crippen LogP contribution in [-0.2, 0) is 16.0 Å². The van der Waals surface area contributed by atoms with Crippen molar-refractivity contribution < 1.29 is 23.8 Å². The lowest BCUT2D eigenvalue weighted by Crippen LogP contribution is -2.42. The summed E-state index contributed by atoms with van der Waals surface area (Å²) in [6.45, 7) is 1.99. The van der Waals surface area contributed by atoms with Gasteiger partial charge in [0.15, 0.2) is 0 Å². The number of anilines is 3. The predicted octanol–water partition coefficient (Wildman–Crippen LogP) is 5.64. The molecular formula is C26H29FN4O4. The van der Waals surface area contributed by atoms with E-state index < -0.39 is 18.0 Å². The van der Waals surface area contributed by atoms with Gasteiger partial charge in [-0.1, -0.05) is 12.5 Å². The standard InChI is InChI=1S/C26H29FN4O4/c1-15-9-10-20-21(30(15)26(34)35-2)11-12-22-23(20)29-25(28-18-7-4-6-17(27)14-18)31(22)19-8-3-5-16(13-19)24(32)33/h4,6-7,11-12,14-16,19H,3,5,8-10,13H2,1-2H3,(H,28,29)(H,32,33)/t15-,16+,19+/m0/s1. The first kappa shape index (κ1) is 23.1. The highest BCUT2D eigenvalue weighted by Gasteiger charge is 2.34. The molecule has 1 amide bonds. The van der Waals surface area contributed by atoms with Gasteiger partial charge in [0.05, 0.1) is 29.7 Å². The van der Waals surface area contributed by atoms with Crippen molar-refractivity contribution in [3.63, 3.8) is 0 Å². The van der Waals surface area contributed by atoms with E-state index in [-0.39, 0.29) is 17.9 Å². The van der Waals surface area contributed by atoms with Gasteiger partial charge >= 0.3 is 12.1 Å². The SMILES string of the molecule is COC(=O)N1c2ccc3c(nc(Nc4cccc(F)c4)n3[C@@H]3CCC[C@@H](C(=O)O)C3)c2CC[C@@H]1C. The molecule has 184 valence electrons. The van der Waals surface area contributed by atoms with Crippen LogP contribution in [0, 0.1) is 11.7 Å². The van der Waals surface area contributed by atoms with Gasteiger partial charge in [0.25, 0.3) is 0 Å². The maximum Gasteiger partial charge on any atom is 0.414 e. The molecule has 2 heterocycles. The fraction of sp³-hybridized carbons (Fsp3) is 0.423. The zero-order valence-corrected chi connectivity index (χ0v) is 19.8. The van der Waals surface area contributed by atoms with E-state index in [0.717, 1.165) is 48.0 Å². The first-order valence-corrected chi connectivity index (χ1v) is 12.0. The summed E-state index contributed by atoms with van der Waals surface area (Å²) in [6, 6.07) is 9.97. The average Bonchev–Trinajstić information content (AvgIpc) is 3.21. The van der Waals surface area contributed by atoms with Crippen LogP contribution in [-0.4, -0.2) is 39.9 Å². The Morgan fingerprint density at radius 1 is 1.20 bits per heavy atom. The fourth-order valence-electron chi connectivity index (χ4n) is 5.55. The number of aliphatic carboxylic acids is 1. The zero-order valence-electron chi connectivity index (χ0n) is 19.8. The quantitative estimate of drug-likeness (QED) is 0.501. The van der Waals surface area contributed by atoms with Crippen molar-refractivity contribution in [2.45, 2.75) is 57.5 Å². The van der Waals surface area contributed by atoms with Crippen LogP contribution in [0.15, 0.2) is 36.4 Å². The summed E-state index contributed by atoms with van der Waals surface area (Å²) in [7, 11) is 1.37. The van der Waals surface area contributed by atoms with Crippen LogP contribution in [0.25, 0.3) is 11.0 Å². The van der Waals surface area contributed by atoms with Crippen LogP contribution in [0.5, 0.6) is 0 Å². The summed E-state index contributed by atoms with van der Waals surface area (Å²) >= 11 is 0. The lowest BCUT2D eigenvalue weighted by atomic mass is 9.85. The molecule has 9 heteroatoms. The number of nitrogens with zero attached hydrogens (tertiary/aromatic N) is 3. The number of carbonyl (C=O) groups excluding carboxylic acids is 1. The van der Waals surface area contributed by atoms with E-state index >= 15 is 0 Å². The number of carboxylic acid groups (broad SMARTS) is 1. The number of hydrogen-bond donors (Lipinski definition) is 2. The minimum Gasteiger partial charge on any atom is -0.481 e. The fourth-order valence-corrected chi connectivity index (χ4v) is 5.55. The number of amides is 1. The van der Waals surface area contributed by atoms with E-state index in [2.05, 4.69) is 9.88 Å². The van der Waals surface area contributed by atoms with Crippen molar-refractivity contribution in [2.24, 2.45) is 5.92 Å². The molecule has 1 aliphatic heterocycles. The summed E-state index contributed by atoms with van der Waals surface area (Å²) in [5, 5.41) is 12.9. The first-order valence-electron chi connectivity index (χ1n) is 12.0. The molecular weight excluding hydrogens is 451 g/mol. The minimum atomic E-state index is -0.779. The number of fused-ring (bicyclic) bond motifs is 3. The molecule has 8 nitrogen and oxygen atoms in total. The Labute approximate surface area is 202 Å². The number of halogens is 1. The van der Waals surface area contributed by atoms with Crippen molar-refractivity contribution in [1.29, 1.82) is 0 Å². The number of rotatable bonds is 4. The number of benzene rings is 2. The van der Waals surface area contributed by atoms with Gasteiger partial charge < -0.3 is 19.7 Å². The number of carbonyl (C=O) groups is 2. The Balaban J connectivity index is 1.66. The molecule has 0 radical (unpaired) electrons. The maximum atomic E-state index is 13.9. The normalized spacial score (nSPS) is 22.0. The number of carboxylic acids is 1. The Morgan fingerprint density at radius 2 is 2.03 bits per heavy atom. The molecule has 0 bridgehead atoms. The third kappa shape index (κ3) is 4.19. The molecule has 0 saturated heterocycles. The van der Waals surface area contributed by atoms with Crippen molar-refractivity contribution >= 4 is 40.4 Å². The van der Waals surface area contributed by atoms with Gasteiger partial charge in [-0.05, 0) is 69.4 Å². The number of methoxy groups -OCH3 is 1. The summed E-state index contributed by atoms with van der Waals surface area (Å²) in [6.07, 6.45) is 3.90. The molecule has 1 aromatic heterocycles. The molecule has 3 atom stereocenters. The number of hydrogen-bond acceptors (Lipinski definition) is 5. The molecule has 35 heavy (non-hydrogen) atoms. The van der Waals surface area contributed by atoms with Crippen LogP contribution in [0.3, 0.4) is 0 Å². The van der Waals surface area contributed by atoms with Gasteiger partial charge in [-0.2, -0.15) is 0 Å². The lowest BCUT2D eigenvalue weighted by molar-refractivity contribution is -0.143. The van der Waals surface area contributed by atoms with Crippen LogP contribution in [0.2, 0.25) is 0 Å². The highest BCUT2D eigenvalue weighted by Crippen LogP contribution is 2.42. The van der Waals surface area contributed by atoms with Crippen LogP contribution in [0.1, 0.15) is 50.6 Å². The van der Waals surface area contributed by atoms with E-state index in [1.165, 1.54) is 19.2 Å². The number of nitrogens with one attached hydrogen (secondary N) is 1. The third-order valence-electron chi connectivity index (χ3n) is 7.27. The lowest BCUT2D eigenvalue weighted by Gasteiger charge is -2.34. The van der Waals surface area contributed by atoms with Crippen LogP contribution >= 0.6 is 0 Å². The van der Waals surface area contributed by atoms with Gasteiger partial charge in [-0.3, -0.25) is 9.69 Å². The van der Waals surface area contributed by atoms with E-state index in [0.29, 0.717) is 24.5 Å². The molecule has 5 rings (SSSR count). The second-order valence-corrected chi connectivity index (χ2v) is 9.46. The molecule has 2 N–H and O–H groups in total. The summed E-state index contributed by atoms with van der Waals surface area (Å²) in [5.41, 5.74) is 3.93. The Kier molecular flexibility index (Phi) is 6.08. The highest BCUT2D eigenvalue weighted by molar-refractivity contribution is 5.96. The van der Waals surface area contributed by atoms with E-state index in [1.807, 2.05) is 19.1 Å². The molecule has 3 aromatic rings. The Bertz CT molecular complexity index is 1290.